The van der Waals surface area contributed by atoms with Gasteiger partial charge in [0.05, 0.1) is 18.5 Å². The molecule has 1 aliphatic heterocycles. The van der Waals surface area contributed by atoms with Crippen LogP contribution in [-0.2, 0) is 19.5 Å². The fourth-order valence-corrected chi connectivity index (χ4v) is 4.32. The maximum absolute atomic E-state index is 13.1. The Morgan fingerprint density at radius 2 is 2.10 bits per heavy atom. The summed E-state index contributed by atoms with van der Waals surface area (Å²) in [5.41, 5.74) is -1.76. The molecule has 1 rings (SSSR count). The molecule has 1 saturated heterocycles. The molecule has 0 aromatic carbocycles. The average molecular weight is 329 g/mol. The van der Waals surface area contributed by atoms with Gasteiger partial charge in [-0.3, -0.25) is 0 Å². The van der Waals surface area contributed by atoms with Gasteiger partial charge in [0.25, 0.3) is 6.43 Å². The van der Waals surface area contributed by atoms with Crippen LogP contribution in [0.3, 0.4) is 0 Å². The first kappa shape index (κ1) is 18.7. The third-order valence-corrected chi connectivity index (χ3v) is 5.43. The topological polar surface area (TPSA) is 55.8 Å². The van der Waals surface area contributed by atoms with E-state index in [2.05, 4.69) is 0 Å². The van der Waals surface area contributed by atoms with Crippen molar-refractivity contribution in [2.24, 2.45) is 5.92 Å². The summed E-state index contributed by atoms with van der Waals surface area (Å²) < 4.78 is 62.5. The first-order chi connectivity index (χ1) is 9.60. The highest BCUT2D eigenvalue weighted by Crippen LogP contribution is 2.29. The van der Waals surface area contributed by atoms with E-state index in [1.165, 1.54) is 6.92 Å². The zero-order chi connectivity index (χ0) is 16.3. The molecule has 126 valence electrons. The van der Waals surface area contributed by atoms with Gasteiger partial charge in [0.2, 0.25) is 10.0 Å². The Morgan fingerprint density at radius 1 is 1.48 bits per heavy atom. The van der Waals surface area contributed by atoms with Crippen LogP contribution in [0.1, 0.15) is 27.7 Å². The molecule has 0 bridgehead atoms. The van der Waals surface area contributed by atoms with Crippen molar-refractivity contribution in [3.63, 3.8) is 0 Å². The monoisotopic (exact) mass is 329 g/mol. The number of ether oxygens (including phenoxy) is 2. The lowest BCUT2D eigenvalue weighted by Gasteiger charge is -2.42. The average Bonchev–Trinajstić information content (AvgIpc) is 2.34. The lowest BCUT2D eigenvalue weighted by Crippen LogP contribution is -2.58. The maximum atomic E-state index is 13.1. The molecule has 3 unspecified atom stereocenters. The standard InChI is InChI=1S/C13H25F2NO4S/c1-5-19-7-10(2)8-21(17,18)16-6-11(3)20-13(4,9-16)12(14)15/h10-12H,5-9H2,1-4H3. The molecule has 1 heterocycles. The molecule has 0 saturated carbocycles. The lowest BCUT2D eigenvalue weighted by atomic mass is 10.1. The Bertz CT molecular complexity index is 432. The van der Waals surface area contributed by atoms with Crippen molar-refractivity contribution in [2.45, 2.75) is 45.8 Å². The van der Waals surface area contributed by atoms with Crippen molar-refractivity contribution in [1.29, 1.82) is 0 Å². The van der Waals surface area contributed by atoms with E-state index in [9.17, 15) is 17.2 Å². The Balaban J connectivity index is 2.77. The van der Waals surface area contributed by atoms with Gasteiger partial charge in [-0.1, -0.05) is 6.92 Å². The van der Waals surface area contributed by atoms with Crippen LogP contribution >= 0.6 is 0 Å². The Kier molecular flexibility index (Phi) is 6.52. The van der Waals surface area contributed by atoms with Crippen molar-refractivity contribution in [3.8, 4) is 0 Å². The van der Waals surface area contributed by atoms with Crippen LogP contribution in [0.25, 0.3) is 0 Å². The number of rotatable bonds is 7. The molecule has 0 N–H and O–H groups in total. The molecule has 1 aliphatic rings. The summed E-state index contributed by atoms with van der Waals surface area (Å²) in [5, 5.41) is 0. The zero-order valence-corrected chi connectivity index (χ0v) is 13.8. The van der Waals surface area contributed by atoms with Crippen molar-refractivity contribution >= 4 is 10.0 Å². The summed E-state index contributed by atoms with van der Waals surface area (Å²) in [7, 11) is -3.61. The minimum absolute atomic E-state index is 0.103. The molecular weight excluding hydrogens is 304 g/mol. The van der Waals surface area contributed by atoms with Gasteiger partial charge in [0, 0.05) is 19.7 Å². The minimum Gasteiger partial charge on any atom is -0.381 e. The molecular formula is C13H25F2NO4S. The molecule has 3 atom stereocenters. The first-order valence-electron chi connectivity index (χ1n) is 7.12. The highest BCUT2D eigenvalue weighted by Gasteiger charge is 2.46. The minimum atomic E-state index is -3.61. The summed E-state index contributed by atoms with van der Waals surface area (Å²) in [5.74, 6) is -0.301. The van der Waals surface area contributed by atoms with E-state index in [1.54, 1.807) is 13.8 Å². The van der Waals surface area contributed by atoms with Crippen LogP contribution in [0, 0.1) is 5.92 Å². The molecule has 0 aliphatic carbocycles. The van der Waals surface area contributed by atoms with Gasteiger partial charge in [-0.15, -0.1) is 0 Å². The number of sulfonamides is 1. The molecule has 1 fully saturated rings. The Labute approximate surface area is 125 Å². The molecule has 8 heteroatoms. The van der Waals surface area contributed by atoms with E-state index in [1.807, 2.05) is 6.92 Å². The maximum Gasteiger partial charge on any atom is 0.268 e. The van der Waals surface area contributed by atoms with Crippen LogP contribution in [0.15, 0.2) is 0 Å². The summed E-state index contributed by atoms with van der Waals surface area (Å²) in [6.45, 7) is 7.09. The van der Waals surface area contributed by atoms with Crippen molar-refractivity contribution in [3.05, 3.63) is 0 Å². The first-order valence-corrected chi connectivity index (χ1v) is 8.73. The van der Waals surface area contributed by atoms with Crippen molar-refractivity contribution < 1.29 is 26.7 Å². The molecule has 21 heavy (non-hydrogen) atoms. The van der Waals surface area contributed by atoms with Crippen LogP contribution in [-0.4, -0.2) is 62.9 Å². The molecule has 0 radical (unpaired) electrons. The summed E-state index contributed by atoms with van der Waals surface area (Å²) in [4.78, 5) is 0. The van der Waals surface area contributed by atoms with E-state index in [4.69, 9.17) is 9.47 Å². The van der Waals surface area contributed by atoms with Crippen LogP contribution in [0.4, 0.5) is 8.78 Å². The predicted molar refractivity (Wildman–Crippen MR) is 76.0 cm³/mol. The number of hydrogen-bond acceptors (Lipinski definition) is 4. The van der Waals surface area contributed by atoms with E-state index >= 15 is 0 Å². The highest BCUT2D eigenvalue weighted by atomic mass is 32.2. The van der Waals surface area contributed by atoms with Gasteiger partial charge in [-0.2, -0.15) is 4.31 Å². The van der Waals surface area contributed by atoms with E-state index in [0.717, 1.165) is 4.31 Å². The molecule has 0 aromatic rings. The smallest absolute Gasteiger partial charge is 0.268 e. The van der Waals surface area contributed by atoms with Gasteiger partial charge in [0.15, 0.2) is 0 Å². The second kappa shape index (κ2) is 7.30. The third-order valence-electron chi connectivity index (χ3n) is 3.38. The van der Waals surface area contributed by atoms with Crippen LogP contribution in [0.2, 0.25) is 0 Å². The summed E-state index contributed by atoms with van der Waals surface area (Å²) in [6, 6.07) is 0. The largest absolute Gasteiger partial charge is 0.381 e. The number of halogens is 2. The second-order valence-corrected chi connectivity index (χ2v) is 7.89. The Hall–Kier alpha value is -0.310. The summed E-state index contributed by atoms with van der Waals surface area (Å²) in [6.07, 6.45) is -3.30. The Morgan fingerprint density at radius 3 is 2.62 bits per heavy atom. The third kappa shape index (κ3) is 5.12. The SMILES string of the molecule is CCOCC(C)CS(=O)(=O)N1CC(C)OC(C)(C(F)F)C1. The zero-order valence-electron chi connectivity index (χ0n) is 13.0. The number of nitrogens with zero attached hydrogens (tertiary/aromatic N) is 1. The predicted octanol–water partition coefficient (Wildman–Crippen LogP) is 1.73. The number of alkyl halides is 2. The molecule has 0 amide bonds. The van der Waals surface area contributed by atoms with E-state index < -0.39 is 28.2 Å². The van der Waals surface area contributed by atoms with Gasteiger partial charge in [-0.05, 0) is 26.7 Å². The number of hydrogen-bond donors (Lipinski definition) is 0. The van der Waals surface area contributed by atoms with Crippen molar-refractivity contribution in [2.75, 3.05) is 32.1 Å². The van der Waals surface area contributed by atoms with Crippen LogP contribution < -0.4 is 0 Å². The quantitative estimate of drug-likeness (QED) is 0.714. The molecule has 0 spiro atoms. The highest BCUT2D eigenvalue weighted by molar-refractivity contribution is 7.89. The van der Waals surface area contributed by atoms with E-state index in [0.29, 0.717) is 13.2 Å². The van der Waals surface area contributed by atoms with Gasteiger partial charge in [-0.25, -0.2) is 17.2 Å². The molecule has 5 nitrogen and oxygen atoms in total. The normalized spacial score (nSPS) is 29.8. The van der Waals surface area contributed by atoms with Gasteiger partial charge < -0.3 is 9.47 Å². The van der Waals surface area contributed by atoms with Gasteiger partial charge in [0.1, 0.15) is 5.60 Å². The fourth-order valence-electron chi connectivity index (χ4n) is 2.40. The fraction of sp³-hybridized carbons (Fsp3) is 1.00. The van der Waals surface area contributed by atoms with Crippen molar-refractivity contribution in [1.82, 2.24) is 4.31 Å². The lowest BCUT2D eigenvalue weighted by molar-refractivity contribution is -0.185. The van der Waals surface area contributed by atoms with E-state index in [-0.39, 0.29) is 24.8 Å². The van der Waals surface area contributed by atoms with Crippen LogP contribution in [0.5, 0.6) is 0 Å². The number of morpholine rings is 1. The molecule has 0 aromatic heterocycles. The second-order valence-electron chi connectivity index (χ2n) is 5.88. The summed E-state index contributed by atoms with van der Waals surface area (Å²) >= 11 is 0. The van der Waals surface area contributed by atoms with Gasteiger partial charge >= 0.3 is 0 Å².